The van der Waals surface area contributed by atoms with E-state index in [0.717, 1.165) is 33.1 Å². The van der Waals surface area contributed by atoms with E-state index in [-0.39, 0.29) is 5.91 Å². The van der Waals surface area contributed by atoms with Crippen molar-refractivity contribution in [3.05, 3.63) is 57.5 Å². The maximum atomic E-state index is 12.6. The molecule has 3 heterocycles. The number of carbonyl (C=O) groups excluding carboxylic acids is 1. The molecule has 0 saturated heterocycles. The van der Waals surface area contributed by atoms with Crippen molar-refractivity contribution >= 4 is 39.6 Å². The zero-order valence-electron chi connectivity index (χ0n) is 13.8. The van der Waals surface area contributed by atoms with Crippen molar-refractivity contribution in [3.8, 4) is 10.6 Å². The normalized spacial score (nSPS) is 11.1. The minimum atomic E-state index is -0.108. The van der Waals surface area contributed by atoms with Gasteiger partial charge in [0, 0.05) is 18.0 Å². The van der Waals surface area contributed by atoms with Crippen LogP contribution in [-0.4, -0.2) is 20.4 Å². The Morgan fingerprint density at radius 2 is 2.08 bits per heavy atom. The molecule has 5 nitrogen and oxygen atoms in total. The predicted molar refractivity (Wildman–Crippen MR) is 102 cm³/mol. The van der Waals surface area contributed by atoms with Gasteiger partial charge in [-0.05, 0) is 30.5 Å². The molecule has 0 fully saturated rings. The second-order valence-electron chi connectivity index (χ2n) is 5.70. The molecule has 126 valence electrons. The number of hydrogen-bond acceptors (Lipinski definition) is 5. The second kappa shape index (κ2) is 6.42. The van der Waals surface area contributed by atoms with E-state index in [1.807, 2.05) is 59.6 Å². The van der Waals surface area contributed by atoms with Crippen LogP contribution in [0.25, 0.3) is 21.6 Å². The fraction of sp³-hybridized carbons (Fsp3) is 0.167. The first kappa shape index (κ1) is 16.0. The molecule has 0 atom stereocenters. The Balaban J connectivity index is 1.53. The maximum Gasteiger partial charge on any atom is 0.263 e. The van der Waals surface area contributed by atoms with Crippen molar-refractivity contribution < 1.29 is 4.79 Å². The summed E-state index contributed by atoms with van der Waals surface area (Å²) in [7, 11) is 1.96. The molecule has 0 unspecified atom stereocenters. The highest BCUT2D eigenvalue weighted by molar-refractivity contribution is 7.17. The Labute approximate surface area is 153 Å². The van der Waals surface area contributed by atoms with Gasteiger partial charge in [0.1, 0.15) is 15.7 Å². The lowest BCUT2D eigenvalue weighted by molar-refractivity contribution is 0.0953. The lowest BCUT2D eigenvalue weighted by Crippen LogP contribution is -2.24. The van der Waals surface area contributed by atoms with Crippen LogP contribution in [-0.2, 0) is 13.6 Å². The van der Waals surface area contributed by atoms with Crippen LogP contribution in [0.15, 0.2) is 41.1 Å². The molecule has 4 rings (SSSR count). The average molecular weight is 368 g/mol. The molecule has 0 radical (unpaired) electrons. The molecule has 25 heavy (non-hydrogen) atoms. The zero-order chi connectivity index (χ0) is 17.4. The van der Waals surface area contributed by atoms with E-state index in [9.17, 15) is 4.79 Å². The number of hydrogen-bond donors (Lipinski definition) is 1. The van der Waals surface area contributed by atoms with Crippen molar-refractivity contribution in [3.63, 3.8) is 0 Å². The Morgan fingerprint density at radius 1 is 1.24 bits per heavy atom. The van der Waals surface area contributed by atoms with Crippen molar-refractivity contribution in [2.75, 3.05) is 0 Å². The van der Waals surface area contributed by atoms with E-state index in [1.54, 1.807) is 11.3 Å². The Bertz CT molecular complexity index is 1050. The van der Waals surface area contributed by atoms with Crippen LogP contribution in [0.4, 0.5) is 0 Å². The van der Waals surface area contributed by atoms with Crippen LogP contribution >= 0.6 is 22.7 Å². The molecule has 0 bridgehead atoms. The first-order valence-corrected chi connectivity index (χ1v) is 9.58. The van der Waals surface area contributed by atoms with Crippen LogP contribution < -0.4 is 5.32 Å². The number of nitrogens with zero attached hydrogens (tertiary/aromatic N) is 3. The summed E-state index contributed by atoms with van der Waals surface area (Å²) in [5, 5.41) is 7.90. The van der Waals surface area contributed by atoms with Gasteiger partial charge in [-0.2, -0.15) is 11.3 Å². The number of aromatic nitrogens is 3. The van der Waals surface area contributed by atoms with Crippen molar-refractivity contribution in [2.24, 2.45) is 7.05 Å². The second-order valence-corrected chi connectivity index (χ2v) is 7.48. The molecule has 1 aromatic carbocycles. The number of imidazole rings is 1. The summed E-state index contributed by atoms with van der Waals surface area (Å²) in [5.41, 5.74) is 3.81. The van der Waals surface area contributed by atoms with E-state index < -0.39 is 0 Å². The van der Waals surface area contributed by atoms with Gasteiger partial charge in [0.15, 0.2) is 0 Å². The summed E-state index contributed by atoms with van der Waals surface area (Å²) in [6, 6.07) is 9.96. The largest absolute Gasteiger partial charge is 0.344 e. The average Bonchev–Trinajstić information content (AvgIpc) is 3.33. The van der Waals surface area contributed by atoms with Crippen molar-refractivity contribution in [1.82, 2.24) is 19.9 Å². The Morgan fingerprint density at radius 3 is 2.84 bits per heavy atom. The molecule has 0 aliphatic heterocycles. The minimum absolute atomic E-state index is 0.108. The molecule has 0 saturated carbocycles. The van der Waals surface area contributed by atoms with Crippen LogP contribution in [0.5, 0.6) is 0 Å². The molecule has 1 N–H and O–H groups in total. The molecule has 3 aromatic heterocycles. The third-order valence-electron chi connectivity index (χ3n) is 4.06. The number of benzene rings is 1. The minimum Gasteiger partial charge on any atom is -0.344 e. The summed E-state index contributed by atoms with van der Waals surface area (Å²) in [6.45, 7) is 2.26. The third kappa shape index (κ3) is 2.96. The first-order valence-electron chi connectivity index (χ1n) is 7.82. The van der Waals surface area contributed by atoms with Crippen LogP contribution in [0, 0.1) is 6.92 Å². The number of nitrogens with one attached hydrogen (secondary N) is 1. The number of para-hydroxylation sites is 2. The fourth-order valence-electron chi connectivity index (χ4n) is 2.71. The molecular weight excluding hydrogens is 352 g/mol. The highest BCUT2D eigenvalue weighted by Crippen LogP contribution is 2.29. The van der Waals surface area contributed by atoms with Gasteiger partial charge in [-0.1, -0.05) is 12.1 Å². The number of amides is 1. The standard InChI is InChI=1S/C18H16N4OS2/c1-11-16(25-18(20-11)12-7-8-24-10-12)17(23)19-9-15-21-13-5-3-4-6-14(13)22(15)2/h3-8,10H,9H2,1-2H3,(H,19,23). The summed E-state index contributed by atoms with van der Waals surface area (Å²) < 4.78 is 2.01. The van der Waals surface area contributed by atoms with Crippen LogP contribution in [0.2, 0.25) is 0 Å². The lowest BCUT2D eigenvalue weighted by atomic mass is 10.3. The maximum absolute atomic E-state index is 12.6. The Kier molecular flexibility index (Phi) is 4.10. The fourth-order valence-corrected chi connectivity index (χ4v) is 4.40. The molecule has 0 aliphatic carbocycles. The van der Waals surface area contributed by atoms with Gasteiger partial charge in [0.2, 0.25) is 0 Å². The van der Waals surface area contributed by atoms with E-state index in [4.69, 9.17) is 0 Å². The highest BCUT2D eigenvalue weighted by atomic mass is 32.1. The SMILES string of the molecule is Cc1nc(-c2ccsc2)sc1C(=O)NCc1nc2ccccc2n1C. The lowest BCUT2D eigenvalue weighted by Gasteiger charge is -2.04. The number of thiophene rings is 1. The smallest absolute Gasteiger partial charge is 0.263 e. The number of fused-ring (bicyclic) bond motifs is 1. The molecular formula is C18H16N4OS2. The molecule has 7 heteroatoms. The third-order valence-corrected chi connectivity index (χ3v) is 5.95. The summed E-state index contributed by atoms with van der Waals surface area (Å²) in [5.74, 6) is 0.721. The quantitative estimate of drug-likeness (QED) is 0.592. The van der Waals surface area contributed by atoms with E-state index in [1.165, 1.54) is 11.3 Å². The summed E-state index contributed by atoms with van der Waals surface area (Å²) in [6.07, 6.45) is 0. The predicted octanol–water partition coefficient (Wildman–Crippen LogP) is 4.00. The van der Waals surface area contributed by atoms with Gasteiger partial charge in [-0.25, -0.2) is 9.97 Å². The van der Waals surface area contributed by atoms with E-state index in [0.29, 0.717) is 11.4 Å². The van der Waals surface area contributed by atoms with E-state index >= 15 is 0 Å². The van der Waals surface area contributed by atoms with Gasteiger partial charge >= 0.3 is 0 Å². The van der Waals surface area contributed by atoms with Gasteiger partial charge < -0.3 is 9.88 Å². The monoisotopic (exact) mass is 368 g/mol. The van der Waals surface area contributed by atoms with Crippen molar-refractivity contribution in [2.45, 2.75) is 13.5 Å². The zero-order valence-corrected chi connectivity index (χ0v) is 15.4. The molecule has 1 amide bonds. The van der Waals surface area contributed by atoms with Gasteiger partial charge in [-0.3, -0.25) is 4.79 Å². The number of aryl methyl sites for hydroxylation is 2. The van der Waals surface area contributed by atoms with Crippen LogP contribution in [0.1, 0.15) is 21.2 Å². The first-order chi connectivity index (χ1) is 12.1. The highest BCUT2D eigenvalue weighted by Gasteiger charge is 2.17. The van der Waals surface area contributed by atoms with Gasteiger partial charge in [0.05, 0.1) is 23.3 Å². The topological polar surface area (TPSA) is 59.8 Å². The number of rotatable bonds is 4. The van der Waals surface area contributed by atoms with E-state index in [2.05, 4.69) is 15.3 Å². The number of carbonyl (C=O) groups is 1. The molecule has 0 aliphatic rings. The summed E-state index contributed by atoms with van der Waals surface area (Å²) >= 11 is 3.05. The van der Waals surface area contributed by atoms with Gasteiger partial charge in [-0.15, -0.1) is 11.3 Å². The Hall–Kier alpha value is -2.51. The molecule has 4 aromatic rings. The number of thiazole rings is 1. The van der Waals surface area contributed by atoms with Gasteiger partial charge in [0.25, 0.3) is 5.91 Å². The molecule has 0 spiro atoms. The van der Waals surface area contributed by atoms with Crippen molar-refractivity contribution in [1.29, 1.82) is 0 Å². The summed E-state index contributed by atoms with van der Waals surface area (Å²) in [4.78, 5) is 22.3. The van der Waals surface area contributed by atoms with Crippen LogP contribution in [0.3, 0.4) is 0 Å².